The number of methoxy groups -OCH3 is 1. The van der Waals surface area contributed by atoms with E-state index in [0.29, 0.717) is 4.88 Å². The highest BCUT2D eigenvalue weighted by atomic mass is 32.1. The molecule has 0 atom stereocenters. The molecule has 0 radical (unpaired) electrons. The van der Waals surface area contributed by atoms with Gasteiger partial charge in [0.1, 0.15) is 5.75 Å². The summed E-state index contributed by atoms with van der Waals surface area (Å²) < 4.78 is 5.06. The van der Waals surface area contributed by atoms with Crippen LogP contribution in [-0.4, -0.2) is 18.1 Å². The second-order valence-corrected chi connectivity index (χ2v) is 4.97. The number of amides is 1. The fourth-order valence-corrected chi connectivity index (χ4v) is 2.24. The first-order valence-corrected chi connectivity index (χ1v) is 6.78. The second kappa shape index (κ2) is 6.31. The van der Waals surface area contributed by atoms with Crippen molar-refractivity contribution in [2.24, 2.45) is 0 Å². The molecule has 0 saturated heterocycles. The van der Waals surface area contributed by atoms with Gasteiger partial charge in [-0.2, -0.15) is 0 Å². The van der Waals surface area contributed by atoms with Crippen molar-refractivity contribution < 1.29 is 9.53 Å². The zero-order valence-corrected chi connectivity index (χ0v) is 11.8. The summed E-state index contributed by atoms with van der Waals surface area (Å²) in [4.78, 5) is 12.4. The summed E-state index contributed by atoms with van der Waals surface area (Å²) >= 11 is 6.45. The molecule has 6 heteroatoms. The number of carbonyl (C=O) groups is 1. The molecule has 0 aliphatic rings. The Morgan fingerprint density at radius 2 is 2.00 bits per heavy atom. The van der Waals surface area contributed by atoms with E-state index in [4.69, 9.17) is 17.0 Å². The Balaban J connectivity index is 1.92. The Morgan fingerprint density at radius 1 is 1.26 bits per heavy atom. The number of hydrogen-bond donors (Lipinski definition) is 2. The van der Waals surface area contributed by atoms with Crippen molar-refractivity contribution in [2.75, 3.05) is 12.4 Å². The molecule has 1 aromatic heterocycles. The minimum absolute atomic E-state index is 0.207. The van der Waals surface area contributed by atoms with Crippen LogP contribution in [0.2, 0.25) is 0 Å². The maximum Gasteiger partial charge on any atom is 0.267 e. The average molecular weight is 292 g/mol. The van der Waals surface area contributed by atoms with E-state index in [-0.39, 0.29) is 11.0 Å². The van der Waals surface area contributed by atoms with E-state index in [2.05, 4.69) is 10.6 Å². The summed E-state index contributed by atoms with van der Waals surface area (Å²) in [6, 6.07) is 10.8. The Labute approximate surface area is 120 Å². The summed E-state index contributed by atoms with van der Waals surface area (Å²) in [6.45, 7) is 0. The fourth-order valence-electron chi connectivity index (χ4n) is 1.41. The van der Waals surface area contributed by atoms with Crippen molar-refractivity contribution in [3.05, 3.63) is 46.7 Å². The first-order valence-electron chi connectivity index (χ1n) is 5.49. The number of hydrogen-bond acceptors (Lipinski definition) is 4. The van der Waals surface area contributed by atoms with Gasteiger partial charge in [0.05, 0.1) is 12.0 Å². The molecule has 1 aromatic carbocycles. The molecule has 2 N–H and O–H groups in total. The molecule has 0 saturated carbocycles. The molecule has 2 aromatic rings. The Hall–Kier alpha value is -1.92. The van der Waals surface area contributed by atoms with Crippen LogP contribution in [0.25, 0.3) is 0 Å². The van der Waals surface area contributed by atoms with Crippen LogP contribution in [0.3, 0.4) is 0 Å². The highest BCUT2D eigenvalue weighted by Gasteiger charge is 2.08. The van der Waals surface area contributed by atoms with Crippen LogP contribution in [0.4, 0.5) is 5.69 Å². The number of anilines is 1. The molecule has 0 unspecified atom stereocenters. The Bertz CT molecular complexity index is 565. The summed E-state index contributed by atoms with van der Waals surface area (Å²) in [5.41, 5.74) is 0.789. The molecule has 0 aliphatic carbocycles. The van der Waals surface area contributed by atoms with Gasteiger partial charge in [0.15, 0.2) is 5.11 Å². The van der Waals surface area contributed by atoms with E-state index in [1.165, 1.54) is 11.3 Å². The van der Waals surface area contributed by atoms with Crippen molar-refractivity contribution in [3.63, 3.8) is 0 Å². The lowest BCUT2D eigenvalue weighted by Gasteiger charge is -2.09. The van der Waals surface area contributed by atoms with Crippen LogP contribution in [0.15, 0.2) is 41.8 Å². The third kappa shape index (κ3) is 3.77. The van der Waals surface area contributed by atoms with Crippen LogP contribution >= 0.6 is 23.6 Å². The summed E-state index contributed by atoms with van der Waals surface area (Å²) in [5.74, 6) is 0.556. The maximum atomic E-state index is 11.8. The number of rotatable bonds is 3. The first-order chi connectivity index (χ1) is 9.19. The topological polar surface area (TPSA) is 50.4 Å². The number of thiocarbonyl (C=S) groups is 1. The van der Waals surface area contributed by atoms with E-state index >= 15 is 0 Å². The van der Waals surface area contributed by atoms with Crippen LogP contribution in [0, 0.1) is 0 Å². The van der Waals surface area contributed by atoms with Gasteiger partial charge in [0.2, 0.25) is 0 Å². The number of benzene rings is 1. The molecular weight excluding hydrogens is 280 g/mol. The standard InChI is InChI=1S/C13H12N2O2S2/c1-17-10-6-4-9(5-7-10)14-13(18)15-12(16)11-3-2-8-19-11/h2-8H,1H3,(H2,14,15,16,18). The van der Waals surface area contributed by atoms with Gasteiger partial charge < -0.3 is 10.1 Å². The maximum absolute atomic E-state index is 11.8. The smallest absolute Gasteiger partial charge is 0.267 e. The molecule has 98 valence electrons. The molecular formula is C13H12N2O2S2. The van der Waals surface area contributed by atoms with E-state index in [9.17, 15) is 4.79 Å². The molecule has 0 spiro atoms. The average Bonchev–Trinajstić information content (AvgIpc) is 2.93. The highest BCUT2D eigenvalue weighted by molar-refractivity contribution is 7.80. The van der Waals surface area contributed by atoms with Gasteiger partial charge >= 0.3 is 0 Å². The van der Waals surface area contributed by atoms with Gasteiger partial charge in [0.25, 0.3) is 5.91 Å². The normalized spacial score (nSPS) is 9.74. The number of carbonyl (C=O) groups excluding carboxylic acids is 1. The van der Waals surface area contributed by atoms with Crippen LogP contribution < -0.4 is 15.4 Å². The second-order valence-electron chi connectivity index (χ2n) is 3.61. The summed E-state index contributed by atoms with van der Waals surface area (Å²) in [7, 11) is 1.61. The van der Waals surface area contributed by atoms with Crippen LogP contribution in [-0.2, 0) is 0 Å². The third-order valence-corrected chi connectivity index (χ3v) is 3.39. The Kier molecular flexibility index (Phi) is 4.48. The van der Waals surface area contributed by atoms with Crippen LogP contribution in [0.5, 0.6) is 5.75 Å². The molecule has 0 fully saturated rings. The predicted octanol–water partition coefficient (Wildman–Crippen LogP) is 2.88. The van der Waals surface area contributed by atoms with Crippen molar-refractivity contribution in [2.45, 2.75) is 0 Å². The van der Waals surface area contributed by atoms with Crippen molar-refractivity contribution in [1.29, 1.82) is 0 Å². The summed E-state index contributed by atoms with van der Waals surface area (Å²) in [5, 5.41) is 7.66. The van der Waals surface area contributed by atoms with Crippen LogP contribution in [0.1, 0.15) is 9.67 Å². The molecule has 0 bridgehead atoms. The van der Waals surface area contributed by atoms with Crippen molar-refractivity contribution in [1.82, 2.24) is 5.32 Å². The largest absolute Gasteiger partial charge is 0.497 e. The molecule has 19 heavy (non-hydrogen) atoms. The predicted molar refractivity (Wildman–Crippen MR) is 81.0 cm³/mol. The van der Waals surface area contributed by atoms with Gasteiger partial charge in [-0.3, -0.25) is 10.1 Å². The molecule has 1 heterocycles. The minimum Gasteiger partial charge on any atom is -0.497 e. The van der Waals surface area contributed by atoms with Gasteiger partial charge in [-0.1, -0.05) is 6.07 Å². The van der Waals surface area contributed by atoms with Crippen molar-refractivity contribution >= 4 is 40.3 Å². The van der Waals surface area contributed by atoms with Gasteiger partial charge in [-0.15, -0.1) is 11.3 Å². The van der Waals surface area contributed by atoms with Crippen molar-refractivity contribution in [3.8, 4) is 5.75 Å². The molecule has 2 rings (SSSR count). The lowest BCUT2D eigenvalue weighted by molar-refractivity contribution is 0.0981. The van der Waals surface area contributed by atoms with E-state index in [1.54, 1.807) is 13.2 Å². The highest BCUT2D eigenvalue weighted by Crippen LogP contribution is 2.15. The van der Waals surface area contributed by atoms with E-state index in [1.807, 2.05) is 35.7 Å². The summed E-state index contributed by atoms with van der Waals surface area (Å²) in [6.07, 6.45) is 0. The molecule has 4 nitrogen and oxygen atoms in total. The third-order valence-electron chi connectivity index (χ3n) is 2.32. The Morgan fingerprint density at radius 3 is 2.58 bits per heavy atom. The lowest BCUT2D eigenvalue weighted by atomic mass is 10.3. The fraction of sp³-hybridized carbons (Fsp3) is 0.0769. The van der Waals surface area contributed by atoms with E-state index in [0.717, 1.165) is 11.4 Å². The minimum atomic E-state index is -0.207. The molecule has 1 amide bonds. The monoisotopic (exact) mass is 292 g/mol. The number of ether oxygens (including phenoxy) is 1. The quantitative estimate of drug-likeness (QED) is 0.854. The molecule has 0 aliphatic heterocycles. The number of thiophene rings is 1. The zero-order chi connectivity index (χ0) is 13.7. The first kappa shape index (κ1) is 13.5. The van der Waals surface area contributed by atoms with E-state index < -0.39 is 0 Å². The lowest BCUT2D eigenvalue weighted by Crippen LogP contribution is -2.33. The SMILES string of the molecule is COc1ccc(NC(=S)NC(=O)c2cccs2)cc1. The van der Waals surface area contributed by atoms with Gasteiger partial charge in [-0.25, -0.2) is 0 Å². The van der Waals surface area contributed by atoms with Gasteiger partial charge in [0, 0.05) is 5.69 Å². The zero-order valence-electron chi connectivity index (χ0n) is 10.2. The number of nitrogens with one attached hydrogen (secondary N) is 2. The van der Waals surface area contributed by atoms with Gasteiger partial charge in [-0.05, 0) is 47.9 Å².